The topological polar surface area (TPSA) is 50.3 Å². The third kappa shape index (κ3) is 3.33. The summed E-state index contributed by atoms with van der Waals surface area (Å²) in [6.07, 6.45) is 3.85. The fraction of sp³-hybridized carbons (Fsp3) is 0.238. The van der Waals surface area contributed by atoms with Gasteiger partial charge in [0.15, 0.2) is 0 Å². The molecule has 0 saturated heterocycles. The minimum atomic E-state index is 0.623. The van der Waals surface area contributed by atoms with Gasteiger partial charge in [-0.25, -0.2) is 9.97 Å². The van der Waals surface area contributed by atoms with Gasteiger partial charge in [0.1, 0.15) is 23.7 Å². The summed E-state index contributed by atoms with van der Waals surface area (Å²) >= 11 is 0. The summed E-state index contributed by atoms with van der Waals surface area (Å²) in [6, 6.07) is 18.4. The van der Waals surface area contributed by atoms with Gasteiger partial charge < -0.3 is 15.0 Å². The fourth-order valence-corrected chi connectivity index (χ4v) is 3.32. The number of nitrogens with zero attached hydrogens (tertiary/aromatic N) is 3. The first kappa shape index (κ1) is 16.4. The van der Waals surface area contributed by atoms with Crippen LogP contribution in [0.2, 0.25) is 0 Å². The number of anilines is 4. The first-order valence-electron chi connectivity index (χ1n) is 9.01. The molecule has 0 aliphatic carbocycles. The van der Waals surface area contributed by atoms with Gasteiger partial charge in [0.25, 0.3) is 0 Å². The standard InChI is InChI=1S/C21H22N4O/c1-2-26-19-12-6-4-10-17(19)24-20-14-21(23-15-22-20)25-13-7-9-16-8-3-5-11-18(16)25/h3-6,8,10-12,14-15H,2,7,9,13H2,1H3,(H,22,23,24). The maximum absolute atomic E-state index is 5.69. The Kier molecular flexibility index (Phi) is 4.69. The Balaban J connectivity index is 1.63. The smallest absolute Gasteiger partial charge is 0.142 e. The van der Waals surface area contributed by atoms with E-state index in [1.165, 1.54) is 11.3 Å². The first-order valence-corrected chi connectivity index (χ1v) is 9.01. The first-order chi connectivity index (χ1) is 12.8. The van der Waals surface area contributed by atoms with E-state index in [0.717, 1.165) is 42.5 Å². The Morgan fingerprint density at radius 1 is 1.08 bits per heavy atom. The quantitative estimate of drug-likeness (QED) is 0.725. The molecule has 1 aromatic heterocycles. The number of hydrogen-bond donors (Lipinski definition) is 1. The number of nitrogens with one attached hydrogen (secondary N) is 1. The van der Waals surface area contributed by atoms with E-state index in [0.29, 0.717) is 6.61 Å². The number of aryl methyl sites for hydroxylation is 1. The molecule has 0 unspecified atom stereocenters. The van der Waals surface area contributed by atoms with Crippen molar-refractivity contribution in [1.29, 1.82) is 0 Å². The maximum Gasteiger partial charge on any atom is 0.142 e. The van der Waals surface area contributed by atoms with Gasteiger partial charge in [-0.2, -0.15) is 0 Å². The van der Waals surface area contributed by atoms with Crippen molar-refractivity contribution < 1.29 is 4.74 Å². The summed E-state index contributed by atoms with van der Waals surface area (Å²) in [5.41, 5.74) is 3.50. The van der Waals surface area contributed by atoms with Crippen LogP contribution in [0, 0.1) is 0 Å². The Morgan fingerprint density at radius 3 is 2.85 bits per heavy atom. The number of para-hydroxylation sites is 3. The molecule has 5 nitrogen and oxygen atoms in total. The Bertz CT molecular complexity index is 896. The maximum atomic E-state index is 5.69. The molecule has 3 aromatic rings. The van der Waals surface area contributed by atoms with Crippen molar-refractivity contribution in [3.8, 4) is 5.75 Å². The molecule has 0 spiro atoms. The number of fused-ring (bicyclic) bond motifs is 1. The van der Waals surface area contributed by atoms with Crippen LogP contribution in [0.1, 0.15) is 18.9 Å². The molecule has 26 heavy (non-hydrogen) atoms. The van der Waals surface area contributed by atoms with Gasteiger partial charge in [-0.05, 0) is 43.5 Å². The third-order valence-electron chi connectivity index (χ3n) is 4.49. The molecular weight excluding hydrogens is 324 g/mol. The molecule has 0 fully saturated rings. The molecule has 132 valence electrons. The summed E-state index contributed by atoms with van der Waals surface area (Å²) < 4.78 is 5.69. The highest BCUT2D eigenvalue weighted by Crippen LogP contribution is 2.33. The van der Waals surface area contributed by atoms with Crippen molar-refractivity contribution in [2.45, 2.75) is 19.8 Å². The monoisotopic (exact) mass is 346 g/mol. The largest absolute Gasteiger partial charge is 0.492 e. The number of benzene rings is 2. The lowest BCUT2D eigenvalue weighted by molar-refractivity contribution is 0.342. The van der Waals surface area contributed by atoms with Crippen LogP contribution in [0.3, 0.4) is 0 Å². The second-order valence-corrected chi connectivity index (χ2v) is 6.20. The van der Waals surface area contributed by atoms with Crippen molar-refractivity contribution in [2.24, 2.45) is 0 Å². The summed E-state index contributed by atoms with van der Waals surface area (Å²) in [4.78, 5) is 11.2. The van der Waals surface area contributed by atoms with Crippen LogP contribution >= 0.6 is 0 Å². The van der Waals surface area contributed by atoms with Gasteiger partial charge in [-0.3, -0.25) is 0 Å². The summed E-state index contributed by atoms with van der Waals surface area (Å²) in [5, 5.41) is 3.36. The van der Waals surface area contributed by atoms with Crippen molar-refractivity contribution >= 4 is 23.0 Å². The summed E-state index contributed by atoms with van der Waals surface area (Å²) in [5.74, 6) is 2.48. The Morgan fingerprint density at radius 2 is 1.92 bits per heavy atom. The highest BCUT2D eigenvalue weighted by molar-refractivity contribution is 5.69. The lowest BCUT2D eigenvalue weighted by Crippen LogP contribution is -2.25. The highest BCUT2D eigenvalue weighted by atomic mass is 16.5. The summed E-state index contributed by atoms with van der Waals surface area (Å²) in [6.45, 7) is 3.56. The molecule has 1 aliphatic heterocycles. The van der Waals surface area contributed by atoms with Gasteiger partial charge in [0, 0.05) is 18.3 Å². The van der Waals surface area contributed by atoms with Crippen LogP contribution < -0.4 is 15.0 Å². The molecule has 2 heterocycles. The Labute approximate surface area is 153 Å². The van der Waals surface area contributed by atoms with Crippen molar-refractivity contribution in [3.63, 3.8) is 0 Å². The molecular formula is C21H22N4O. The minimum absolute atomic E-state index is 0.623. The zero-order chi connectivity index (χ0) is 17.8. The van der Waals surface area contributed by atoms with Gasteiger partial charge >= 0.3 is 0 Å². The van der Waals surface area contributed by atoms with Crippen LogP contribution in [0.5, 0.6) is 5.75 Å². The highest BCUT2D eigenvalue weighted by Gasteiger charge is 2.19. The van der Waals surface area contributed by atoms with E-state index >= 15 is 0 Å². The van der Waals surface area contributed by atoms with Gasteiger partial charge in [-0.1, -0.05) is 30.3 Å². The molecule has 0 bridgehead atoms. The van der Waals surface area contributed by atoms with Gasteiger partial charge in [0.05, 0.1) is 12.3 Å². The second kappa shape index (κ2) is 7.44. The van der Waals surface area contributed by atoms with E-state index < -0.39 is 0 Å². The van der Waals surface area contributed by atoms with Crippen LogP contribution in [0.15, 0.2) is 60.9 Å². The molecule has 2 aromatic carbocycles. The van der Waals surface area contributed by atoms with E-state index in [1.807, 2.05) is 37.3 Å². The van der Waals surface area contributed by atoms with E-state index in [9.17, 15) is 0 Å². The third-order valence-corrected chi connectivity index (χ3v) is 4.49. The van der Waals surface area contributed by atoms with Gasteiger partial charge in [0.2, 0.25) is 0 Å². The zero-order valence-electron chi connectivity index (χ0n) is 14.9. The molecule has 0 amide bonds. The van der Waals surface area contributed by atoms with Crippen LogP contribution in [-0.4, -0.2) is 23.1 Å². The van der Waals surface area contributed by atoms with E-state index in [-0.39, 0.29) is 0 Å². The van der Waals surface area contributed by atoms with Crippen molar-refractivity contribution in [2.75, 3.05) is 23.4 Å². The van der Waals surface area contributed by atoms with E-state index in [2.05, 4.69) is 44.5 Å². The number of rotatable bonds is 5. The average Bonchev–Trinajstić information content (AvgIpc) is 2.69. The molecule has 1 aliphatic rings. The lowest BCUT2D eigenvalue weighted by Gasteiger charge is -2.30. The van der Waals surface area contributed by atoms with Crippen molar-refractivity contribution in [1.82, 2.24) is 9.97 Å². The number of hydrogen-bond acceptors (Lipinski definition) is 5. The predicted octanol–water partition coefficient (Wildman–Crippen LogP) is 4.70. The predicted molar refractivity (Wildman–Crippen MR) is 105 cm³/mol. The fourth-order valence-electron chi connectivity index (χ4n) is 3.32. The van der Waals surface area contributed by atoms with Crippen LogP contribution in [0.25, 0.3) is 0 Å². The lowest BCUT2D eigenvalue weighted by atomic mass is 10.0. The van der Waals surface area contributed by atoms with Gasteiger partial charge in [-0.15, -0.1) is 0 Å². The Hall–Kier alpha value is -3.08. The molecule has 0 atom stereocenters. The molecule has 4 rings (SSSR count). The molecule has 1 N–H and O–H groups in total. The molecule has 0 radical (unpaired) electrons. The molecule has 5 heteroatoms. The molecule has 0 saturated carbocycles. The number of aromatic nitrogens is 2. The summed E-state index contributed by atoms with van der Waals surface area (Å²) in [7, 11) is 0. The van der Waals surface area contributed by atoms with Crippen LogP contribution in [-0.2, 0) is 6.42 Å². The van der Waals surface area contributed by atoms with E-state index in [4.69, 9.17) is 4.74 Å². The van der Waals surface area contributed by atoms with Crippen LogP contribution in [0.4, 0.5) is 23.0 Å². The number of ether oxygens (including phenoxy) is 1. The van der Waals surface area contributed by atoms with E-state index in [1.54, 1.807) is 6.33 Å². The van der Waals surface area contributed by atoms with Crippen molar-refractivity contribution in [3.05, 3.63) is 66.5 Å². The normalized spacial score (nSPS) is 13.2. The SMILES string of the molecule is CCOc1ccccc1Nc1cc(N2CCCc3ccccc32)ncn1. The zero-order valence-corrected chi connectivity index (χ0v) is 14.9. The minimum Gasteiger partial charge on any atom is -0.492 e. The second-order valence-electron chi connectivity index (χ2n) is 6.20. The average molecular weight is 346 g/mol.